The van der Waals surface area contributed by atoms with Crippen molar-refractivity contribution in [3.8, 4) is 0 Å². The molecule has 0 radical (unpaired) electrons. The summed E-state index contributed by atoms with van der Waals surface area (Å²) in [5, 5.41) is 0. The van der Waals surface area contributed by atoms with E-state index in [0.29, 0.717) is 6.42 Å². The lowest BCUT2D eigenvalue weighted by Gasteiger charge is -2.14. The smallest absolute Gasteiger partial charge is 0.419 e. The first-order chi connectivity index (χ1) is 9.09. The van der Waals surface area contributed by atoms with E-state index in [9.17, 15) is 31.1 Å². The van der Waals surface area contributed by atoms with E-state index in [2.05, 4.69) is 4.74 Å². The molecule has 0 saturated heterocycles. The second kappa shape index (κ2) is 5.72. The number of ether oxygens (including phenoxy) is 1. The molecule has 1 atom stereocenters. The van der Waals surface area contributed by atoms with Gasteiger partial charge in [-0.1, -0.05) is 6.92 Å². The number of esters is 1. The van der Waals surface area contributed by atoms with Gasteiger partial charge in [-0.2, -0.15) is 13.2 Å². The first kappa shape index (κ1) is 16.3. The first-order valence-electron chi connectivity index (χ1n) is 5.55. The fourth-order valence-corrected chi connectivity index (χ4v) is 1.29. The van der Waals surface area contributed by atoms with Gasteiger partial charge in [0.1, 0.15) is 0 Å². The summed E-state index contributed by atoms with van der Waals surface area (Å²) in [7, 11) is 0. The molecule has 0 saturated carbocycles. The van der Waals surface area contributed by atoms with Crippen LogP contribution in [0.5, 0.6) is 0 Å². The highest BCUT2D eigenvalue weighted by Crippen LogP contribution is 2.34. The van der Waals surface area contributed by atoms with Crippen molar-refractivity contribution in [2.45, 2.75) is 32.5 Å². The number of carbonyl (C=O) groups is 1. The van der Waals surface area contributed by atoms with Gasteiger partial charge in [-0.3, -0.25) is 0 Å². The van der Waals surface area contributed by atoms with Gasteiger partial charge in [0.2, 0.25) is 0 Å². The minimum atomic E-state index is -5.26. The molecule has 112 valence electrons. The molecule has 0 fully saturated rings. The predicted octanol–water partition coefficient (Wildman–Crippen LogP) is 4.08. The van der Waals surface area contributed by atoms with Crippen LogP contribution in [0.15, 0.2) is 6.07 Å². The topological polar surface area (TPSA) is 26.3 Å². The normalized spacial score (nSPS) is 13.2. The summed E-state index contributed by atoms with van der Waals surface area (Å²) in [6, 6.07) is -0.0988. The van der Waals surface area contributed by atoms with Crippen molar-refractivity contribution in [3.63, 3.8) is 0 Å². The Labute approximate surface area is 110 Å². The summed E-state index contributed by atoms with van der Waals surface area (Å²) < 4.78 is 81.4. The zero-order valence-electron chi connectivity index (χ0n) is 10.4. The van der Waals surface area contributed by atoms with E-state index in [1.165, 1.54) is 6.92 Å². The van der Waals surface area contributed by atoms with Gasteiger partial charge in [0.15, 0.2) is 17.5 Å². The van der Waals surface area contributed by atoms with Crippen LogP contribution in [-0.4, -0.2) is 12.1 Å². The SMILES string of the molecule is CCC(C)OC(=O)c1cc(C(F)(F)F)c(F)c(F)c1F. The van der Waals surface area contributed by atoms with Crippen molar-refractivity contribution in [1.29, 1.82) is 0 Å². The minimum Gasteiger partial charge on any atom is -0.459 e. The van der Waals surface area contributed by atoms with Crippen LogP contribution >= 0.6 is 0 Å². The zero-order chi connectivity index (χ0) is 15.7. The van der Waals surface area contributed by atoms with Gasteiger partial charge in [-0.25, -0.2) is 18.0 Å². The maximum Gasteiger partial charge on any atom is 0.419 e. The Morgan fingerprint density at radius 1 is 1.20 bits per heavy atom. The van der Waals surface area contributed by atoms with Gasteiger partial charge in [0.05, 0.1) is 17.2 Å². The molecule has 8 heteroatoms. The third kappa shape index (κ3) is 3.23. The second-order valence-corrected chi connectivity index (χ2v) is 4.04. The fourth-order valence-electron chi connectivity index (χ4n) is 1.29. The van der Waals surface area contributed by atoms with Crippen molar-refractivity contribution < 1.29 is 35.9 Å². The van der Waals surface area contributed by atoms with Crippen LogP contribution in [0.1, 0.15) is 36.2 Å². The van der Waals surface area contributed by atoms with E-state index < -0.39 is 46.8 Å². The number of carbonyl (C=O) groups excluding carboxylic acids is 1. The van der Waals surface area contributed by atoms with Crippen LogP contribution < -0.4 is 0 Å². The first-order valence-corrected chi connectivity index (χ1v) is 5.55. The minimum absolute atomic E-state index is 0.0988. The lowest BCUT2D eigenvalue weighted by Crippen LogP contribution is -2.19. The van der Waals surface area contributed by atoms with Gasteiger partial charge in [-0.15, -0.1) is 0 Å². The molecule has 0 heterocycles. The Morgan fingerprint density at radius 2 is 1.75 bits per heavy atom. The molecule has 0 N–H and O–H groups in total. The quantitative estimate of drug-likeness (QED) is 0.478. The molecule has 0 spiro atoms. The number of hydrogen-bond donors (Lipinski definition) is 0. The highest BCUT2D eigenvalue weighted by molar-refractivity contribution is 5.90. The Kier molecular flexibility index (Phi) is 4.67. The fraction of sp³-hybridized carbons (Fsp3) is 0.417. The molecule has 0 aromatic heterocycles. The van der Waals surface area contributed by atoms with Gasteiger partial charge >= 0.3 is 12.1 Å². The summed E-state index contributed by atoms with van der Waals surface area (Å²) in [6.07, 6.45) is -5.64. The molecule has 1 aromatic rings. The molecular formula is C12H10F6O2. The number of rotatable bonds is 3. The maximum atomic E-state index is 13.4. The van der Waals surface area contributed by atoms with Crippen LogP contribution in [0.25, 0.3) is 0 Å². The molecule has 20 heavy (non-hydrogen) atoms. The van der Waals surface area contributed by atoms with Gasteiger partial charge in [0.25, 0.3) is 0 Å². The molecule has 0 aliphatic rings. The van der Waals surface area contributed by atoms with E-state index in [0.717, 1.165) is 0 Å². The monoisotopic (exact) mass is 300 g/mol. The van der Waals surface area contributed by atoms with E-state index in [4.69, 9.17) is 0 Å². The van der Waals surface area contributed by atoms with Gasteiger partial charge in [-0.05, 0) is 19.4 Å². The van der Waals surface area contributed by atoms with Crippen LogP contribution in [0.4, 0.5) is 26.3 Å². The van der Waals surface area contributed by atoms with Gasteiger partial charge in [0, 0.05) is 0 Å². The molecule has 1 rings (SSSR count). The molecule has 1 aromatic carbocycles. The Morgan fingerprint density at radius 3 is 2.20 bits per heavy atom. The number of alkyl halides is 3. The Hall–Kier alpha value is -1.73. The third-order valence-corrected chi connectivity index (χ3v) is 2.56. The molecule has 0 amide bonds. The third-order valence-electron chi connectivity index (χ3n) is 2.56. The average molecular weight is 300 g/mol. The van der Waals surface area contributed by atoms with Crippen LogP contribution in [-0.2, 0) is 10.9 Å². The Bertz CT molecular complexity index is 524. The van der Waals surface area contributed by atoms with E-state index in [1.807, 2.05) is 0 Å². The average Bonchev–Trinajstić information content (AvgIpc) is 2.34. The van der Waals surface area contributed by atoms with Crippen LogP contribution in [0.2, 0.25) is 0 Å². The Balaban J connectivity index is 3.34. The van der Waals surface area contributed by atoms with Crippen molar-refractivity contribution >= 4 is 5.97 Å². The second-order valence-electron chi connectivity index (χ2n) is 4.04. The molecule has 0 bridgehead atoms. The lowest BCUT2D eigenvalue weighted by atomic mass is 10.1. The molecular weight excluding hydrogens is 290 g/mol. The van der Waals surface area contributed by atoms with Crippen LogP contribution in [0.3, 0.4) is 0 Å². The van der Waals surface area contributed by atoms with E-state index in [1.54, 1.807) is 6.92 Å². The lowest BCUT2D eigenvalue weighted by molar-refractivity contribution is -0.140. The van der Waals surface area contributed by atoms with E-state index >= 15 is 0 Å². The maximum absolute atomic E-state index is 13.4. The van der Waals surface area contributed by atoms with Crippen LogP contribution in [0, 0.1) is 17.5 Å². The molecule has 1 unspecified atom stereocenters. The standard InChI is InChI=1S/C12H10F6O2/c1-3-5(2)20-11(19)6-4-7(12(16,17)18)9(14)10(15)8(6)13/h4-5H,3H2,1-2H3. The highest BCUT2D eigenvalue weighted by atomic mass is 19.4. The zero-order valence-corrected chi connectivity index (χ0v) is 10.4. The highest BCUT2D eigenvalue weighted by Gasteiger charge is 2.38. The number of hydrogen-bond acceptors (Lipinski definition) is 2. The van der Waals surface area contributed by atoms with Gasteiger partial charge < -0.3 is 4.74 Å². The molecule has 0 aliphatic heterocycles. The summed E-state index contributed by atoms with van der Waals surface area (Å²) >= 11 is 0. The van der Waals surface area contributed by atoms with E-state index in [-0.39, 0.29) is 6.07 Å². The van der Waals surface area contributed by atoms with Crippen molar-refractivity contribution in [3.05, 3.63) is 34.6 Å². The largest absolute Gasteiger partial charge is 0.459 e. The van der Waals surface area contributed by atoms with Crippen molar-refractivity contribution in [2.75, 3.05) is 0 Å². The van der Waals surface area contributed by atoms with Crippen molar-refractivity contribution in [1.82, 2.24) is 0 Å². The summed E-state index contributed by atoms with van der Waals surface area (Å²) in [4.78, 5) is 11.5. The van der Waals surface area contributed by atoms with Crippen molar-refractivity contribution in [2.24, 2.45) is 0 Å². The number of halogens is 6. The summed E-state index contributed by atoms with van der Waals surface area (Å²) in [5.41, 5.74) is -3.36. The summed E-state index contributed by atoms with van der Waals surface area (Å²) in [5.74, 6) is -8.25. The molecule has 0 aliphatic carbocycles. The number of benzene rings is 1. The summed E-state index contributed by atoms with van der Waals surface area (Å²) in [6.45, 7) is 3.03. The molecule has 2 nitrogen and oxygen atoms in total. The predicted molar refractivity (Wildman–Crippen MR) is 56.5 cm³/mol.